The lowest BCUT2D eigenvalue weighted by molar-refractivity contribution is -0.139. The van der Waals surface area contributed by atoms with E-state index in [2.05, 4.69) is 4.98 Å². The first-order valence-electron chi connectivity index (χ1n) is 9.35. The van der Waals surface area contributed by atoms with Crippen LogP contribution in [0.4, 0.5) is 0 Å². The van der Waals surface area contributed by atoms with Crippen LogP contribution in [0.3, 0.4) is 0 Å². The first kappa shape index (κ1) is 20.0. The van der Waals surface area contributed by atoms with Crippen LogP contribution in [0.5, 0.6) is 0 Å². The average Bonchev–Trinajstić information content (AvgIpc) is 2.67. The topological polar surface area (TPSA) is 63.1 Å². The lowest BCUT2D eigenvalue weighted by atomic mass is 9.89. The molecule has 1 N–H and O–H groups in total. The summed E-state index contributed by atoms with van der Waals surface area (Å²) in [7, 11) is 0. The van der Waals surface area contributed by atoms with Crippen LogP contribution in [0.15, 0.2) is 48.5 Å². The highest BCUT2D eigenvalue weighted by molar-refractivity contribution is 6.33. The van der Waals surface area contributed by atoms with Gasteiger partial charge in [0.25, 0.3) is 0 Å². The molecule has 0 saturated carbocycles. The first-order chi connectivity index (χ1) is 13.4. The van der Waals surface area contributed by atoms with Crippen molar-refractivity contribution < 1.29 is 9.90 Å². The van der Waals surface area contributed by atoms with Gasteiger partial charge in [0.2, 0.25) is 0 Å². The van der Waals surface area contributed by atoms with E-state index in [1.807, 2.05) is 63.2 Å². The van der Waals surface area contributed by atoms with Crippen LogP contribution in [0.1, 0.15) is 42.5 Å². The second-order valence-electron chi connectivity index (χ2n) is 6.92. The number of hydrogen-bond acceptors (Lipinski definition) is 3. The summed E-state index contributed by atoms with van der Waals surface area (Å²) < 4.78 is 0. The first-order valence-corrected chi connectivity index (χ1v) is 9.73. The zero-order valence-corrected chi connectivity index (χ0v) is 17.0. The third kappa shape index (κ3) is 4.07. The number of carboxylic acid groups (broad SMARTS) is 1. The monoisotopic (exact) mass is 394 g/mol. The standard InChI is InChI=1S/C23H23ClN2O2/c1-4-7-18(23(27)28)20-15(3)25-22(17-8-5-6-9-19(17)24)26-21(20)16-12-10-14(2)11-13-16/h5-6,8-13,18H,4,7H2,1-3H3,(H,27,28). The molecule has 28 heavy (non-hydrogen) atoms. The van der Waals surface area contributed by atoms with Gasteiger partial charge in [-0.3, -0.25) is 4.79 Å². The maximum Gasteiger partial charge on any atom is 0.311 e. The summed E-state index contributed by atoms with van der Waals surface area (Å²) in [5, 5.41) is 10.4. The molecular formula is C23H23ClN2O2. The van der Waals surface area contributed by atoms with Crippen molar-refractivity contribution in [3.05, 3.63) is 70.4 Å². The molecule has 1 heterocycles. The lowest BCUT2D eigenvalue weighted by Gasteiger charge is -2.19. The van der Waals surface area contributed by atoms with Gasteiger partial charge >= 0.3 is 5.97 Å². The number of aliphatic carboxylic acids is 1. The van der Waals surface area contributed by atoms with Gasteiger partial charge in [0.15, 0.2) is 5.82 Å². The number of nitrogens with zero attached hydrogens (tertiary/aromatic N) is 2. The lowest BCUT2D eigenvalue weighted by Crippen LogP contribution is -2.16. The zero-order valence-electron chi connectivity index (χ0n) is 16.2. The molecule has 4 nitrogen and oxygen atoms in total. The van der Waals surface area contributed by atoms with Crippen LogP contribution in [-0.2, 0) is 4.79 Å². The molecule has 0 spiro atoms. The van der Waals surface area contributed by atoms with E-state index in [-0.39, 0.29) is 0 Å². The molecule has 5 heteroatoms. The molecule has 0 aliphatic heterocycles. The minimum atomic E-state index is -0.854. The number of carboxylic acids is 1. The number of rotatable bonds is 6. The van der Waals surface area contributed by atoms with Crippen LogP contribution in [-0.4, -0.2) is 21.0 Å². The van der Waals surface area contributed by atoms with Crippen molar-refractivity contribution in [1.82, 2.24) is 9.97 Å². The summed E-state index contributed by atoms with van der Waals surface area (Å²) in [6, 6.07) is 15.4. The Morgan fingerprint density at radius 2 is 1.75 bits per heavy atom. The minimum Gasteiger partial charge on any atom is -0.481 e. The molecule has 1 aromatic heterocycles. The second-order valence-corrected chi connectivity index (χ2v) is 7.33. The highest BCUT2D eigenvalue weighted by Gasteiger charge is 2.27. The van der Waals surface area contributed by atoms with Crippen molar-refractivity contribution in [3.8, 4) is 22.6 Å². The Kier molecular flexibility index (Phi) is 6.10. The molecule has 0 bridgehead atoms. The van der Waals surface area contributed by atoms with E-state index in [0.29, 0.717) is 34.2 Å². The zero-order chi connectivity index (χ0) is 20.3. The molecular weight excluding hydrogens is 372 g/mol. The van der Waals surface area contributed by atoms with Crippen molar-refractivity contribution >= 4 is 17.6 Å². The summed E-state index contributed by atoms with van der Waals surface area (Å²) >= 11 is 6.36. The van der Waals surface area contributed by atoms with Gasteiger partial charge in [-0.05, 0) is 32.4 Å². The summed E-state index contributed by atoms with van der Waals surface area (Å²) in [4.78, 5) is 21.4. The Bertz CT molecular complexity index is 1000. The minimum absolute atomic E-state index is 0.503. The van der Waals surface area contributed by atoms with E-state index >= 15 is 0 Å². The van der Waals surface area contributed by atoms with Crippen LogP contribution < -0.4 is 0 Å². The normalized spacial score (nSPS) is 12.0. The SMILES string of the molecule is CCCC(C(=O)O)c1c(C)nc(-c2ccccc2Cl)nc1-c1ccc(C)cc1. The third-order valence-corrected chi connectivity index (χ3v) is 5.13. The molecule has 144 valence electrons. The molecule has 0 radical (unpaired) electrons. The van der Waals surface area contributed by atoms with Crippen molar-refractivity contribution in [2.24, 2.45) is 0 Å². The van der Waals surface area contributed by atoms with E-state index in [1.54, 1.807) is 6.07 Å². The maximum absolute atomic E-state index is 12.0. The number of aromatic nitrogens is 2. The van der Waals surface area contributed by atoms with Crippen molar-refractivity contribution in [2.45, 2.75) is 39.5 Å². The van der Waals surface area contributed by atoms with Gasteiger partial charge in [-0.1, -0.05) is 66.9 Å². The van der Waals surface area contributed by atoms with Gasteiger partial charge in [-0.15, -0.1) is 0 Å². The fourth-order valence-corrected chi connectivity index (χ4v) is 3.59. The number of benzene rings is 2. The highest BCUT2D eigenvalue weighted by atomic mass is 35.5. The molecule has 0 aliphatic rings. The predicted octanol–water partition coefficient (Wildman–Crippen LogP) is 6.05. The molecule has 0 amide bonds. The van der Waals surface area contributed by atoms with Crippen molar-refractivity contribution in [1.29, 1.82) is 0 Å². The summed E-state index contributed by atoms with van der Waals surface area (Å²) in [6.07, 6.45) is 1.29. The highest BCUT2D eigenvalue weighted by Crippen LogP contribution is 2.35. The van der Waals surface area contributed by atoms with Crippen LogP contribution in [0, 0.1) is 13.8 Å². The quantitative estimate of drug-likeness (QED) is 0.552. The summed E-state index contributed by atoms with van der Waals surface area (Å²) in [5.41, 5.74) is 4.74. The van der Waals surface area contributed by atoms with Crippen molar-refractivity contribution in [3.63, 3.8) is 0 Å². The van der Waals surface area contributed by atoms with E-state index in [0.717, 1.165) is 23.1 Å². The molecule has 0 fully saturated rings. The van der Waals surface area contributed by atoms with E-state index in [9.17, 15) is 9.90 Å². The Hall–Kier alpha value is -2.72. The van der Waals surface area contributed by atoms with Gasteiger partial charge in [-0.25, -0.2) is 9.97 Å². The van der Waals surface area contributed by atoms with Crippen molar-refractivity contribution in [2.75, 3.05) is 0 Å². The Balaban J connectivity index is 2.28. The molecule has 0 aliphatic carbocycles. The fraction of sp³-hybridized carbons (Fsp3) is 0.261. The number of carbonyl (C=O) groups is 1. The van der Waals surface area contributed by atoms with Gasteiger partial charge < -0.3 is 5.11 Å². The van der Waals surface area contributed by atoms with Crippen LogP contribution in [0.2, 0.25) is 5.02 Å². The van der Waals surface area contributed by atoms with E-state index in [4.69, 9.17) is 16.6 Å². The molecule has 2 aromatic carbocycles. The summed E-state index contributed by atoms with van der Waals surface area (Å²) in [5.74, 6) is -1.00. The van der Waals surface area contributed by atoms with Gasteiger partial charge in [-0.2, -0.15) is 0 Å². The van der Waals surface area contributed by atoms with Crippen LogP contribution >= 0.6 is 11.6 Å². The van der Waals surface area contributed by atoms with Crippen LogP contribution in [0.25, 0.3) is 22.6 Å². The number of aryl methyl sites for hydroxylation is 2. The smallest absolute Gasteiger partial charge is 0.311 e. The molecule has 3 rings (SSSR count). The number of halogens is 1. The fourth-order valence-electron chi connectivity index (χ4n) is 3.37. The van der Waals surface area contributed by atoms with Gasteiger partial charge in [0, 0.05) is 22.4 Å². The molecule has 1 unspecified atom stereocenters. The Morgan fingerprint density at radius 1 is 1.07 bits per heavy atom. The van der Waals surface area contributed by atoms with Gasteiger partial charge in [0.1, 0.15) is 0 Å². The van der Waals surface area contributed by atoms with E-state index < -0.39 is 11.9 Å². The average molecular weight is 395 g/mol. The Morgan fingerprint density at radius 3 is 2.36 bits per heavy atom. The van der Waals surface area contributed by atoms with Gasteiger partial charge in [0.05, 0.1) is 16.6 Å². The third-order valence-electron chi connectivity index (χ3n) is 4.80. The van der Waals surface area contributed by atoms with E-state index in [1.165, 1.54) is 0 Å². The molecule has 3 aromatic rings. The largest absolute Gasteiger partial charge is 0.481 e. The molecule has 0 saturated heterocycles. The number of hydrogen-bond donors (Lipinski definition) is 1. The predicted molar refractivity (Wildman–Crippen MR) is 113 cm³/mol. The Labute approximate surface area is 170 Å². The molecule has 1 atom stereocenters. The summed E-state index contributed by atoms with van der Waals surface area (Å²) in [6.45, 7) is 5.85. The maximum atomic E-state index is 12.0. The second kappa shape index (κ2) is 8.53.